The van der Waals surface area contributed by atoms with Crippen LogP contribution in [-0.4, -0.2) is 60.7 Å². The van der Waals surface area contributed by atoms with E-state index in [0.29, 0.717) is 38.0 Å². The summed E-state index contributed by atoms with van der Waals surface area (Å²) in [4.78, 5) is 22.7. The van der Waals surface area contributed by atoms with Gasteiger partial charge in [-0.05, 0) is 60.8 Å². The van der Waals surface area contributed by atoms with Gasteiger partial charge < -0.3 is 19.7 Å². The van der Waals surface area contributed by atoms with E-state index in [-0.39, 0.29) is 23.3 Å². The van der Waals surface area contributed by atoms with Crippen molar-refractivity contribution in [1.82, 2.24) is 29.9 Å². The number of aliphatic hydroxyl groups is 1. The molecular weight excluding hydrogens is 506 g/mol. The summed E-state index contributed by atoms with van der Waals surface area (Å²) in [6, 6.07) is 13.6. The second kappa shape index (κ2) is 10.4. The minimum atomic E-state index is -0.748. The van der Waals surface area contributed by atoms with Gasteiger partial charge in [-0.3, -0.25) is 14.5 Å². The van der Waals surface area contributed by atoms with Crippen LogP contribution in [-0.2, 0) is 22.5 Å². The molecule has 206 valence electrons. The second-order valence-electron chi connectivity index (χ2n) is 11.3. The van der Waals surface area contributed by atoms with Gasteiger partial charge in [0, 0.05) is 35.9 Å². The fourth-order valence-electron chi connectivity index (χ4n) is 6.92. The van der Waals surface area contributed by atoms with Crippen molar-refractivity contribution in [3.05, 3.63) is 66.1 Å². The number of para-hydroxylation sites is 1. The minimum absolute atomic E-state index is 0.117. The molecule has 10 nitrogen and oxygen atoms in total. The Bertz CT molecular complexity index is 1560. The number of fused-ring (bicyclic) bond motifs is 2. The zero-order valence-corrected chi connectivity index (χ0v) is 22.7. The lowest BCUT2D eigenvalue weighted by atomic mass is 9.57. The molecule has 5 atom stereocenters. The summed E-state index contributed by atoms with van der Waals surface area (Å²) in [6.45, 7) is 3.25. The van der Waals surface area contributed by atoms with Crippen LogP contribution < -0.4 is 0 Å². The molecule has 0 spiro atoms. The number of carbonyl (C=O) groups excluding carboxylic acids is 1. The Morgan fingerprint density at radius 3 is 2.85 bits per heavy atom. The van der Waals surface area contributed by atoms with E-state index in [9.17, 15) is 15.2 Å². The number of hydrogen-bond acceptors (Lipinski definition) is 8. The third-order valence-electron chi connectivity index (χ3n) is 8.98. The molecule has 10 heteroatoms. The molecule has 1 aromatic carbocycles. The highest BCUT2D eigenvalue weighted by atomic mass is 16.5. The van der Waals surface area contributed by atoms with Gasteiger partial charge in [-0.15, -0.1) is 5.10 Å². The monoisotopic (exact) mass is 539 g/mol. The molecule has 3 aromatic heterocycles. The van der Waals surface area contributed by atoms with E-state index in [1.807, 2.05) is 52.2 Å². The van der Waals surface area contributed by atoms with E-state index in [2.05, 4.69) is 39.5 Å². The number of aryl methyl sites for hydroxylation is 2. The number of rotatable bonds is 6. The van der Waals surface area contributed by atoms with Gasteiger partial charge in [0.2, 0.25) is 0 Å². The largest absolute Gasteiger partial charge is 0.469 e. The van der Waals surface area contributed by atoms with Gasteiger partial charge in [0.25, 0.3) is 0 Å². The third kappa shape index (κ3) is 4.50. The number of nitrogens with zero attached hydrogens (tertiary/aromatic N) is 6. The lowest BCUT2D eigenvalue weighted by molar-refractivity contribution is -0.165. The van der Waals surface area contributed by atoms with Gasteiger partial charge in [0.05, 0.1) is 37.1 Å². The maximum absolute atomic E-state index is 12.9. The van der Waals surface area contributed by atoms with Crippen LogP contribution in [0.2, 0.25) is 0 Å². The van der Waals surface area contributed by atoms with Crippen molar-refractivity contribution in [2.45, 2.75) is 51.3 Å². The van der Waals surface area contributed by atoms with E-state index in [1.165, 1.54) is 7.11 Å². The van der Waals surface area contributed by atoms with Crippen molar-refractivity contribution in [2.75, 3.05) is 13.7 Å². The normalized spacial score (nSPS) is 26.3. The van der Waals surface area contributed by atoms with Crippen LogP contribution in [0.3, 0.4) is 0 Å². The van der Waals surface area contributed by atoms with Crippen LogP contribution in [0.1, 0.15) is 43.5 Å². The van der Waals surface area contributed by atoms with Gasteiger partial charge in [-0.25, -0.2) is 0 Å². The molecule has 4 heterocycles. The van der Waals surface area contributed by atoms with Crippen molar-refractivity contribution in [2.24, 2.45) is 17.3 Å². The third-order valence-corrected chi connectivity index (χ3v) is 8.98. The van der Waals surface area contributed by atoms with Crippen molar-refractivity contribution in [1.29, 1.82) is 5.26 Å². The molecule has 1 aliphatic carbocycles. The van der Waals surface area contributed by atoms with Crippen molar-refractivity contribution in [3.8, 4) is 17.6 Å². The maximum Gasteiger partial charge on any atom is 0.311 e. The summed E-state index contributed by atoms with van der Waals surface area (Å²) in [5.41, 5.74) is 4.29. The lowest BCUT2D eigenvalue weighted by Crippen LogP contribution is -2.56. The molecule has 0 radical (unpaired) electrons. The first-order valence-electron chi connectivity index (χ1n) is 13.7. The molecule has 2 N–H and O–H groups in total. The number of esters is 1. The van der Waals surface area contributed by atoms with E-state index in [4.69, 9.17) is 4.74 Å². The van der Waals surface area contributed by atoms with Crippen LogP contribution >= 0.6 is 0 Å². The first-order valence-corrected chi connectivity index (χ1v) is 13.7. The number of methoxy groups -OCH3 is 1. The number of carbonyl (C=O) groups is 1. The number of ether oxygens (including phenoxy) is 1. The fraction of sp³-hybridized carbons (Fsp3) is 0.433. The SMILES string of the molecule is COC(=O)[C@@H]1[C@H]2C[C@@H](c3[nH]c4ccccc4c3CCn3cc(-c4ccccn4)nn3)N(C#N)CC2(C)CC[C@@H]1O. The predicted molar refractivity (Wildman–Crippen MR) is 147 cm³/mol. The number of likely N-dealkylation sites (tertiary alicyclic amines) is 1. The molecule has 0 bridgehead atoms. The molecule has 2 fully saturated rings. The van der Waals surface area contributed by atoms with Crippen LogP contribution in [0, 0.1) is 28.7 Å². The van der Waals surface area contributed by atoms with Gasteiger partial charge in [-0.2, -0.15) is 5.26 Å². The summed E-state index contributed by atoms with van der Waals surface area (Å²) < 4.78 is 6.96. The summed E-state index contributed by atoms with van der Waals surface area (Å²) in [5.74, 6) is -1.10. The van der Waals surface area contributed by atoms with Gasteiger partial charge in [0.15, 0.2) is 6.19 Å². The Labute approximate surface area is 232 Å². The molecule has 0 amide bonds. The maximum atomic E-state index is 12.9. The topological polar surface area (TPSA) is 133 Å². The van der Waals surface area contributed by atoms with Crippen LogP contribution in [0.4, 0.5) is 0 Å². The summed E-state index contributed by atoms with van der Waals surface area (Å²) >= 11 is 0. The smallest absolute Gasteiger partial charge is 0.311 e. The van der Waals surface area contributed by atoms with Crippen LogP contribution in [0.25, 0.3) is 22.3 Å². The number of aliphatic hydroxyl groups excluding tert-OH is 1. The number of hydrogen-bond donors (Lipinski definition) is 2. The Morgan fingerprint density at radius 1 is 1.25 bits per heavy atom. The number of benzene rings is 1. The van der Waals surface area contributed by atoms with Crippen molar-refractivity contribution in [3.63, 3.8) is 0 Å². The lowest BCUT2D eigenvalue weighted by Gasteiger charge is -2.54. The summed E-state index contributed by atoms with van der Waals surface area (Å²) in [7, 11) is 1.38. The van der Waals surface area contributed by atoms with E-state index in [1.54, 1.807) is 6.20 Å². The number of nitriles is 1. The predicted octanol–water partition coefficient (Wildman–Crippen LogP) is 3.86. The standard InChI is InChI=1S/C30H33N7O3/c1-30-12-10-26(38)27(29(39)40-2)21(30)15-25(36(17-30)18-31)28-20(19-7-3-4-8-22(19)33-28)11-14-37-16-24(34-35-37)23-9-5-6-13-32-23/h3-9,13,16,21,25-27,33,38H,10-12,14-15,17H2,1-2H3/t21-,25+,26+,27-,30?/m1/s1. The Morgan fingerprint density at radius 2 is 2.08 bits per heavy atom. The zero-order chi connectivity index (χ0) is 27.9. The molecular formula is C30H33N7O3. The van der Waals surface area contributed by atoms with Crippen LogP contribution in [0.5, 0.6) is 0 Å². The number of nitrogens with one attached hydrogen (secondary N) is 1. The number of H-pyrrole nitrogens is 1. The molecule has 1 unspecified atom stereocenters. The van der Waals surface area contributed by atoms with E-state index in [0.717, 1.165) is 34.3 Å². The van der Waals surface area contributed by atoms with E-state index >= 15 is 0 Å². The molecule has 4 aromatic rings. The molecule has 40 heavy (non-hydrogen) atoms. The van der Waals surface area contributed by atoms with Gasteiger partial charge in [0.1, 0.15) is 5.69 Å². The minimum Gasteiger partial charge on any atom is -0.469 e. The number of pyridine rings is 1. The van der Waals surface area contributed by atoms with Crippen LogP contribution in [0.15, 0.2) is 54.9 Å². The number of aromatic amines is 1. The average Bonchev–Trinajstić information content (AvgIpc) is 3.60. The quantitative estimate of drug-likeness (QED) is 0.279. The van der Waals surface area contributed by atoms with Crippen molar-refractivity contribution >= 4 is 16.9 Å². The Hall–Kier alpha value is -4.23. The first-order chi connectivity index (χ1) is 19.4. The zero-order valence-electron chi connectivity index (χ0n) is 22.7. The van der Waals surface area contributed by atoms with Gasteiger partial charge >= 0.3 is 5.97 Å². The Balaban J connectivity index is 1.34. The number of aromatic nitrogens is 5. The van der Waals surface area contributed by atoms with E-state index < -0.39 is 12.0 Å². The number of piperidine rings is 1. The first kappa shape index (κ1) is 26.0. The average molecular weight is 540 g/mol. The molecule has 6 rings (SSSR count). The molecule has 1 saturated heterocycles. The molecule has 1 aliphatic heterocycles. The highest BCUT2D eigenvalue weighted by Gasteiger charge is 2.54. The highest BCUT2D eigenvalue weighted by Crippen LogP contribution is 2.54. The van der Waals surface area contributed by atoms with Gasteiger partial charge in [-0.1, -0.05) is 36.4 Å². The summed E-state index contributed by atoms with van der Waals surface area (Å²) in [6.07, 6.45) is 7.84. The Kier molecular flexibility index (Phi) is 6.76. The molecule has 2 aliphatic rings. The second-order valence-corrected chi connectivity index (χ2v) is 11.3. The highest BCUT2D eigenvalue weighted by molar-refractivity contribution is 5.85. The fourth-order valence-corrected chi connectivity index (χ4v) is 6.92. The summed E-state index contributed by atoms with van der Waals surface area (Å²) in [5, 5.41) is 30.9. The van der Waals surface area contributed by atoms with Crippen molar-refractivity contribution < 1.29 is 14.6 Å². The molecule has 1 saturated carbocycles.